The van der Waals surface area contributed by atoms with Gasteiger partial charge in [-0.2, -0.15) is 0 Å². The molecule has 180 valence electrons. The Morgan fingerprint density at radius 1 is 1.21 bits per heavy atom. The zero-order valence-corrected chi connectivity index (χ0v) is 20.8. The molecule has 0 heterocycles. The number of carbonyl (C=O) groups is 3. The van der Waals surface area contributed by atoms with Gasteiger partial charge in [0.05, 0.1) is 0 Å². The maximum Gasteiger partial charge on any atom is 0.408 e. The first-order valence-electron chi connectivity index (χ1n) is 11.2. The molecular formula is C26H37N3O4. The molecule has 3 unspecified atom stereocenters. The average Bonchev–Trinajstić information content (AvgIpc) is 2.72. The molecule has 2 N–H and O–H groups in total. The van der Waals surface area contributed by atoms with Crippen molar-refractivity contribution in [2.24, 2.45) is 5.92 Å². The summed E-state index contributed by atoms with van der Waals surface area (Å²) >= 11 is 0. The van der Waals surface area contributed by atoms with Crippen LogP contribution >= 0.6 is 0 Å². The molecule has 0 saturated carbocycles. The van der Waals surface area contributed by atoms with Gasteiger partial charge in [0, 0.05) is 12.1 Å². The van der Waals surface area contributed by atoms with E-state index in [0.717, 1.165) is 10.5 Å². The number of terminal acetylenes is 1. The normalized spacial score (nSPS) is 13.8. The zero-order valence-electron chi connectivity index (χ0n) is 20.8. The molecule has 3 amide bonds. The van der Waals surface area contributed by atoms with Gasteiger partial charge in [0.1, 0.15) is 17.7 Å². The number of ether oxygens (including phenoxy) is 1. The lowest BCUT2D eigenvalue weighted by Crippen LogP contribution is -2.54. The molecule has 0 radical (unpaired) electrons. The fourth-order valence-electron chi connectivity index (χ4n) is 3.17. The molecule has 0 bridgehead atoms. The van der Waals surface area contributed by atoms with Crippen LogP contribution in [-0.4, -0.2) is 40.5 Å². The molecular weight excluding hydrogens is 418 g/mol. The molecule has 0 aliphatic carbocycles. The third-order valence-corrected chi connectivity index (χ3v) is 4.93. The summed E-state index contributed by atoms with van der Waals surface area (Å²) in [5.41, 5.74) is 0.589. The van der Waals surface area contributed by atoms with Crippen LogP contribution in [0, 0.1) is 18.4 Å². The van der Waals surface area contributed by atoms with Gasteiger partial charge in [-0.05, 0) is 57.7 Å². The minimum absolute atomic E-state index is 0.164. The minimum atomic E-state index is -1.09. The summed E-state index contributed by atoms with van der Waals surface area (Å²) in [6, 6.07) is 7.25. The van der Waals surface area contributed by atoms with E-state index >= 15 is 0 Å². The molecule has 33 heavy (non-hydrogen) atoms. The van der Waals surface area contributed by atoms with Crippen molar-refractivity contribution in [3.63, 3.8) is 0 Å². The summed E-state index contributed by atoms with van der Waals surface area (Å²) in [6.45, 7) is 16.3. The second-order valence-electron chi connectivity index (χ2n) is 9.29. The topological polar surface area (TPSA) is 87.7 Å². The van der Waals surface area contributed by atoms with Crippen molar-refractivity contribution in [2.75, 3.05) is 0 Å². The van der Waals surface area contributed by atoms with Crippen molar-refractivity contribution in [3.8, 4) is 12.5 Å². The van der Waals surface area contributed by atoms with E-state index in [4.69, 9.17) is 11.2 Å². The fourth-order valence-corrected chi connectivity index (χ4v) is 3.17. The third kappa shape index (κ3) is 8.30. The number of alkyl carbamates (subject to hydrolysis) is 1. The summed E-state index contributed by atoms with van der Waals surface area (Å²) in [4.78, 5) is 40.4. The summed E-state index contributed by atoms with van der Waals surface area (Å²) < 4.78 is 5.34. The van der Waals surface area contributed by atoms with Crippen LogP contribution in [0.15, 0.2) is 30.8 Å². The van der Waals surface area contributed by atoms with Gasteiger partial charge >= 0.3 is 6.09 Å². The van der Waals surface area contributed by atoms with Crippen LogP contribution in [0.3, 0.4) is 0 Å². The number of hydrogen-bond donors (Lipinski definition) is 2. The number of carbonyl (C=O) groups excluding carboxylic acids is 3. The van der Waals surface area contributed by atoms with Crippen molar-refractivity contribution in [3.05, 3.63) is 42.0 Å². The molecule has 1 rings (SSSR count). The SMILES string of the molecule is C#CN(C(=O)C(NC(=O)OC(C)(C)C)C(C)CC)C(C(=O)NC(C)C)c1cccc(C=C)c1. The Kier molecular flexibility index (Phi) is 10.2. The van der Waals surface area contributed by atoms with Gasteiger partial charge in [-0.15, -0.1) is 0 Å². The average molecular weight is 456 g/mol. The molecule has 7 heteroatoms. The first-order chi connectivity index (χ1) is 15.3. The first kappa shape index (κ1) is 27.8. The van der Waals surface area contributed by atoms with Gasteiger partial charge in [0.25, 0.3) is 5.91 Å². The molecule has 1 aromatic rings. The van der Waals surface area contributed by atoms with Crippen LogP contribution in [0.1, 0.15) is 72.1 Å². The van der Waals surface area contributed by atoms with E-state index in [-0.39, 0.29) is 12.0 Å². The molecule has 0 aliphatic heterocycles. The standard InChI is InChI=1S/C26H37N3O4/c1-10-18(6)21(28-25(32)33-26(7,8)9)24(31)29(12-3)22(23(30)27-17(4)5)20-15-13-14-19(11-2)16-20/h3,11,13-18,21-22H,2,10H2,1,4-9H3,(H,27,30)(H,28,32). The van der Waals surface area contributed by atoms with E-state index in [9.17, 15) is 14.4 Å². The molecule has 3 atom stereocenters. The summed E-state index contributed by atoms with van der Waals surface area (Å²) in [5, 5.41) is 5.49. The van der Waals surface area contributed by atoms with Crippen LogP contribution in [0.4, 0.5) is 4.79 Å². The molecule has 0 saturated heterocycles. The first-order valence-corrected chi connectivity index (χ1v) is 11.2. The summed E-state index contributed by atoms with van der Waals surface area (Å²) in [5.74, 6) is -1.24. The van der Waals surface area contributed by atoms with Crippen molar-refractivity contribution in [2.45, 2.75) is 78.6 Å². The summed E-state index contributed by atoms with van der Waals surface area (Å²) in [7, 11) is 0. The monoisotopic (exact) mass is 455 g/mol. The van der Waals surface area contributed by atoms with E-state index in [2.05, 4.69) is 23.3 Å². The second-order valence-corrected chi connectivity index (χ2v) is 9.29. The Morgan fingerprint density at radius 2 is 1.85 bits per heavy atom. The number of rotatable bonds is 9. The second kappa shape index (κ2) is 12.1. The number of nitrogens with one attached hydrogen (secondary N) is 2. The molecule has 0 spiro atoms. The molecule has 1 aromatic carbocycles. The Hall–Kier alpha value is -3.27. The van der Waals surface area contributed by atoms with Gasteiger partial charge in [-0.25, -0.2) is 4.79 Å². The third-order valence-electron chi connectivity index (χ3n) is 4.93. The molecule has 0 fully saturated rings. The lowest BCUT2D eigenvalue weighted by atomic mass is 9.95. The Balaban J connectivity index is 3.44. The fraction of sp³-hybridized carbons (Fsp3) is 0.500. The molecule has 7 nitrogen and oxygen atoms in total. The largest absolute Gasteiger partial charge is 0.444 e. The highest BCUT2D eigenvalue weighted by Gasteiger charge is 2.38. The van der Waals surface area contributed by atoms with Gasteiger partial charge in [-0.3, -0.25) is 14.5 Å². The van der Waals surface area contributed by atoms with E-state index in [1.54, 1.807) is 45.0 Å². The van der Waals surface area contributed by atoms with Crippen molar-refractivity contribution >= 4 is 24.0 Å². The quantitative estimate of drug-likeness (QED) is 0.430. The lowest BCUT2D eigenvalue weighted by molar-refractivity contribution is -0.139. The van der Waals surface area contributed by atoms with E-state index in [1.807, 2.05) is 33.8 Å². The maximum atomic E-state index is 13.6. The maximum absolute atomic E-state index is 13.6. The highest BCUT2D eigenvalue weighted by atomic mass is 16.6. The van der Waals surface area contributed by atoms with Gasteiger partial charge in [-0.1, -0.05) is 57.5 Å². The smallest absolute Gasteiger partial charge is 0.408 e. The highest BCUT2D eigenvalue weighted by molar-refractivity contribution is 5.93. The number of benzene rings is 1. The Bertz CT molecular complexity index is 896. The van der Waals surface area contributed by atoms with Crippen LogP contribution in [0.5, 0.6) is 0 Å². The van der Waals surface area contributed by atoms with Gasteiger partial charge in [0.2, 0.25) is 5.91 Å². The number of nitrogens with zero attached hydrogens (tertiary/aromatic N) is 1. The van der Waals surface area contributed by atoms with E-state index in [0.29, 0.717) is 12.0 Å². The number of hydrogen-bond acceptors (Lipinski definition) is 4. The van der Waals surface area contributed by atoms with Crippen molar-refractivity contribution < 1.29 is 19.1 Å². The van der Waals surface area contributed by atoms with Crippen molar-refractivity contribution in [1.82, 2.24) is 15.5 Å². The van der Waals surface area contributed by atoms with Crippen LogP contribution in [0.25, 0.3) is 6.08 Å². The van der Waals surface area contributed by atoms with Crippen LogP contribution in [-0.2, 0) is 14.3 Å². The van der Waals surface area contributed by atoms with Gasteiger partial charge in [0.15, 0.2) is 0 Å². The lowest BCUT2D eigenvalue weighted by Gasteiger charge is -2.32. The summed E-state index contributed by atoms with van der Waals surface area (Å²) in [6.07, 6.45) is 7.29. The zero-order chi connectivity index (χ0) is 25.3. The Labute approximate surface area is 197 Å². The van der Waals surface area contributed by atoms with Crippen molar-refractivity contribution in [1.29, 1.82) is 0 Å². The highest BCUT2D eigenvalue weighted by Crippen LogP contribution is 2.25. The van der Waals surface area contributed by atoms with Crippen LogP contribution in [0.2, 0.25) is 0 Å². The minimum Gasteiger partial charge on any atom is -0.444 e. The van der Waals surface area contributed by atoms with Gasteiger partial charge < -0.3 is 15.4 Å². The van der Waals surface area contributed by atoms with E-state index in [1.165, 1.54) is 0 Å². The predicted octanol–water partition coefficient (Wildman–Crippen LogP) is 4.25. The number of amides is 3. The van der Waals surface area contributed by atoms with Crippen LogP contribution < -0.4 is 10.6 Å². The molecule has 0 aliphatic rings. The van der Waals surface area contributed by atoms with E-state index < -0.39 is 35.6 Å². The Morgan fingerprint density at radius 3 is 2.33 bits per heavy atom. The predicted molar refractivity (Wildman–Crippen MR) is 131 cm³/mol. The molecule has 0 aromatic heterocycles.